The van der Waals surface area contributed by atoms with Crippen molar-refractivity contribution in [2.75, 3.05) is 0 Å². The zero-order valence-corrected chi connectivity index (χ0v) is 8.61. The SMILES string of the molecule is C/C=C(N)\C=C/CCc1ccccc1. The largest absolute Gasteiger partial charge is 0.399 e. The van der Waals surface area contributed by atoms with Gasteiger partial charge in [-0.1, -0.05) is 42.5 Å². The summed E-state index contributed by atoms with van der Waals surface area (Å²) in [5.41, 5.74) is 7.83. The first-order chi connectivity index (χ1) is 6.83. The molecule has 1 heteroatoms. The lowest BCUT2D eigenvalue weighted by Crippen LogP contribution is -1.91. The molecule has 0 amide bonds. The maximum Gasteiger partial charge on any atom is 0.0267 e. The van der Waals surface area contributed by atoms with Crippen molar-refractivity contribution in [2.45, 2.75) is 19.8 Å². The highest BCUT2D eigenvalue weighted by Crippen LogP contribution is 2.03. The van der Waals surface area contributed by atoms with E-state index in [0.717, 1.165) is 18.5 Å². The second kappa shape index (κ2) is 6.03. The van der Waals surface area contributed by atoms with Gasteiger partial charge < -0.3 is 5.73 Å². The summed E-state index contributed by atoms with van der Waals surface area (Å²) in [7, 11) is 0. The summed E-state index contributed by atoms with van der Waals surface area (Å²) in [5.74, 6) is 0. The number of nitrogens with two attached hydrogens (primary N) is 1. The molecule has 14 heavy (non-hydrogen) atoms. The van der Waals surface area contributed by atoms with E-state index in [2.05, 4.69) is 30.3 Å². The van der Waals surface area contributed by atoms with E-state index in [1.807, 2.05) is 25.1 Å². The van der Waals surface area contributed by atoms with Crippen molar-refractivity contribution in [2.24, 2.45) is 5.73 Å². The molecule has 0 bridgehead atoms. The Labute approximate surface area is 85.9 Å². The van der Waals surface area contributed by atoms with Crippen LogP contribution in [0.4, 0.5) is 0 Å². The van der Waals surface area contributed by atoms with Crippen molar-refractivity contribution in [3.05, 3.63) is 59.8 Å². The lowest BCUT2D eigenvalue weighted by Gasteiger charge is -1.96. The molecule has 0 saturated heterocycles. The molecule has 74 valence electrons. The molecule has 0 aliphatic carbocycles. The Morgan fingerprint density at radius 3 is 2.64 bits per heavy atom. The fraction of sp³-hybridized carbons (Fsp3) is 0.231. The Hall–Kier alpha value is -1.50. The van der Waals surface area contributed by atoms with Crippen LogP contribution in [-0.2, 0) is 6.42 Å². The minimum atomic E-state index is 0.832. The topological polar surface area (TPSA) is 26.0 Å². The Bertz CT molecular complexity index is 309. The maximum atomic E-state index is 5.63. The zero-order chi connectivity index (χ0) is 10.2. The molecule has 0 spiro atoms. The molecular weight excluding hydrogens is 170 g/mol. The third-order valence-electron chi connectivity index (χ3n) is 2.09. The number of benzene rings is 1. The average Bonchev–Trinajstić information content (AvgIpc) is 2.25. The smallest absolute Gasteiger partial charge is 0.0267 e. The van der Waals surface area contributed by atoms with Crippen molar-refractivity contribution in [1.82, 2.24) is 0 Å². The molecule has 0 saturated carbocycles. The van der Waals surface area contributed by atoms with Crippen LogP contribution in [0.25, 0.3) is 0 Å². The van der Waals surface area contributed by atoms with E-state index in [4.69, 9.17) is 5.73 Å². The van der Waals surface area contributed by atoms with Crippen LogP contribution in [0.5, 0.6) is 0 Å². The molecule has 1 aromatic rings. The lowest BCUT2D eigenvalue weighted by molar-refractivity contribution is 0.999. The Morgan fingerprint density at radius 2 is 2.00 bits per heavy atom. The van der Waals surface area contributed by atoms with E-state index in [1.54, 1.807) is 0 Å². The van der Waals surface area contributed by atoms with E-state index < -0.39 is 0 Å². The second-order valence-corrected chi connectivity index (χ2v) is 3.22. The van der Waals surface area contributed by atoms with Gasteiger partial charge in [0.05, 0.1) is 0 Å². The molecular formula is C13H17N. The van der Waals surface area contributed by atoms with Crippen molar-refractivity contribution in [3.8, 4) is 0 Å². The number of aryl methyl sites for hydroxylation is 1. The summed E-state index contributed by atoms with van der Waals surface area (Å²) < 4.78 is 0. The molecule has 0 aliphatic heterocycles. The van der Waals surface area contributed by atoms with E-state index in [0.29, 0.717) is 0 Å². The molecule has 0 aliphatic rings. The van der Waals surface area contributed by atoms with Crippen molar-refractivity contribution >= 4 is 0 Å². The molecule has 0 heterocycles. The summed E-state index contributed by atoms with van der Waals surface area (Å²) >= 11 is 0. The summed E-state index contributed by atoms with van der Waals surface area (Å²) in [6, 6.07) is 10.5. The minimum absolute atomic E-state index is 0.832. The van der Waals surface area contributed by atoms with Gasteiger partial charge in [0.25, 0.3) is 0 Å². The highest BCUT2D eigenvalue weighted by atomic mass is 14.5. The van der Waals surface area contributed by atoms with Crippen LogP contribution in [-0.4, -0.2) is 0 Å². The molecule has 0 unspecified atom stereocenters. The van der Waals surface area contributed by atoms with Crippen LogP contribution in [0.1, 0.15) is 18.9 Å². The average molecular weight is 187 g/mol. The van der Waals surface area contributed by atoms with Gasteiger partial charge in [0.2, 0.25) is 0 Å². The van der Waals surface area contributed by atoms with E-state index in [-0.39, 0.29) is 0 Å². The minimum Gasteiger partial charge on any atom is -0.399 e. The first kappa shape index (κ1) is 10.6. The van der Waals surface area contributed by atoms with E-state index in [1.165, 1.54) is 5.56 Å². The van der Waals surface area contributed by atoms with Crippen LogP contribution in [0, 0.1) is 0 Å². The number of rotatable bonds is 4. The predicted molar refractivity (Wildman–Crippen MR) is 61.8 cm³/mol. The Morgan fingerprint density at radius 1 is 1.29 bits per heavy atom. The first-order valence-corrected chi connectivity index (χ1v) is 4.95. The number of allylic oxidation sites excluding steroid dienone is 3. The van der Waals surface area contributed by atoms with Gasteiger partial charge in [0.15, 0.2) is 0 Å². The first-order valence-electron chi connectivity index (χ1n) is 4.95. The molecule has 1 nitrogen and oxygen atoms in total. The highest BCUT2D eigenvalue weighted by molar-refractivity contribution is 5.17. The van der Waals surface area contributed by atoms with Crippen LogP contribution in [0.2, 0.25) is 0 Å². The molecule has 0 radical (unpaired) electrons. The molecule has 0 atom stereocenters. The fourth-order valence-corrected chi connectivity index (χ4v) is 1.21. The van der Waals surface area contributed by atoms with Crippen molar-refractivity contribution < 1.29 is 0 Å². The van der Waals surface area contributed by atoms with E-state index in [9.17, 15) is 0 Å². The second-order valence-electron chi connectivity index (χ2n) is 3.22. The third-order valence-corrected chi connectivity index (χ3v) is 2.09. The lowest BCUT2D eigenvalue weighted by atomic mass is 10.1. The van der Waals surface area contributed by atoms with Crippen LogP contribution < -0.4 is 5.73 Å². The van der Waals surface area contributed by atoms with Crippen molar-refractivity contribution in [1.29, 1.82) is 0 Å². The zero-order valence-electron chi connectivity index (χ0n) is 8.61. The summed E-state index contributed by atoms with van der Waals surface area (Å²) in [6.07, 6.45) is 8.09. The van der Waals surface area contributed by atoms with Crippen LogP contribution in [0.15, 0.2) is 54.3 Å². The van der Waals surface area contributed by atoms with Crippen molar-refractivity contribution in [3.63, 3.8) is 0 Å². The number of hydrogen-bond acceptors (Lipinski definition) is 1. The van der Waals surface area contributed by atoms with E-state index >= 15 is 0 Å². The molecule has 2 N–H and O–H groups in total. The van der Waals surface area contributed by atoms with Crippen LogP contribution in [0.3, 0.4) is 0 Å². The summed E-state index contributed by atoms with van der Waals surface area (Å²) in [4.78, 5) is 0. The van der Waals surface area contributed by atoms with Gasteiger partial charge in [-0.15, -0.1) is 0 Å². The Kier molecular flexibility index (Phi) is 4.56. The maximum absolute atomic E-state index is 5.63. The third kappa shape index (κ3) is 3.94. The quantitative estimate of drug-likeness (QED) is 0.720. The van der Waals surface area contributed by atoms with Gasteiger partial charge in [-0.2, -0.15) is 0 Å². The molecule has 0 fully saturated rings. The standard InChI is InChI=1S/C13H17N/c1-2-13(14)11-7-6-10-12-8-4-3-5-9-12/h2-5,7-9,11H,6,10,14H2,1H3/b11-7-,13-2+. The predicted octanol–water partition coefficient (Wildman–Crippen LogP) is 3.04. The molecule has 1 aromatic carbocycles. The van der Waals surface area contributed by atoms with Gasteiger partial charge in [-0.05, 0) is 31.4 Å². The highest BCUT2D eigenvalue weighted by Gasteiger charge is 1.87. The fourth-order valence-electron chi connectivity index (χ4n) is 1.21. The van der Waals surface area contributed by atoms with Crippen LogP contribution >= 0.6 is 0 Å². The Balaban J connectivity index is 2.32. The molecule has 1 rings (SSSR count). The van der Waals surface area contributed by atoms with Gasteiger partial charge in [0.1, 0.15) is 0 Å². The van der Waals surface area contributed by atoms with Gasteiger partial charge >= 0.3 is 0 Å². The monoisotopic (exact) mass is 187 g/mol. The van der Waals surface area contributed by atoms with Gasteiger partial charge in [-0.3, -0.25) is 0 Å². The van der Waals surface area contributed by atoms with Gasteiger partial charge in [0, 0.05) is 5.70 Å². The summed E-state index contributed by atoms with van der Waals surface area (Å²) in [5, 5.41) is 0. The molecule has 0 aromatic heterocycles. The number of hydrogen-bond donors (Lipinski definition) is 1. The normalized spacial score (nSPS) is 12.2. The summed E-state index contributed by atoms with van der Waals surface area (Å²) in [6.45, 7) is 1.94. The van der Waals surface area contributed by atoms with Gasteiger partial charge in [-0.25, -0.2) is 0 Å².